The minimum Gasteiger partial charge on any atom is -0.321 e. The number of carbonyl (C=O) groups is 1. The summed E-state index contributed by atoms with van der Waals surface area (Å²) in [6.45, 7) is 0. The van der Waals surface area contributed by atoms with Crippen LogP contribution in [0.15, 0.2) is 76.5 Å². The van der Waals surface area contributed by atoms with Crippen LogP contribution in [0.4, 0.5) is 15.8 Å². The molecule has 0 aromatic heterocycles. The molecule has 0 saturated carbocycles. The summed E-state index contributed by atoms with van der Waals surface area (Å²) < 4.78 is 64.1. The van der Waals surface area contributed by atoms with Crippen LogP contribution in [0.3, 0.4) is 0 Å². The third kappa shape index (κ3) is 4.93. The maximum atomic E-state index is 13.2. The molecule has 0 aliphatic rings. The van der Waals surface area contributed by atoms with E-state index in [1.54, 1.807) is 6.07 Å². The lowest BCUT2D eigenvalue weighted by molar-refractivity contribution is 0.102. The van der Waals surface area contributed by atoms with Crippen LogP contribution >= 0.6 is 11.6 Å². The Hall–Kier alpha value is -2.95. The van der Waals surface area contributed by atoms with Crippen molar-refractivity contribution in [3.8, 4) is 0 Å². The molecule has 3 rings (SSSR count). The Balaban J connectivity index is 1.97. The molecule has 0 atom stereocenters. The molecule has 0 fully saturated rings. The first-order chi connectivity index (χ1) is 14.9. The van der Waals surface area contributed by atoms with Gasteiger partial charge in [-0.2, -0.15) is 0 Å². The molecule has 1 N–H and O–H groups in total. The maximum absolute atomic E-state index is 13.2. The minimum atomic E-state index is -4.11. The third-order valence-corrected chi connectivity index (χ3v) is 7.83. The van der Waals surface area contributed by atoms with E-state index in [0.717, 1.165) is 28.8 Å². The van der Waals surface area contributed by atoms with E-state index >= 15 is 0 Å². The first-order valence-electron chi connectivity index (χ1n) is 9.06. The molecule has 0 heterocycles. The Kier molecular flexibility index (Phi) is 6.59. The molecule has 0 spiro atoms. The van der Waals surface area contributed by atoms with Gasteiger partial charge < -0.3 is 5.32 Å². The molecule has 11 heteroatoms. The van der Waals surface area contributed by atoms with Gasteiger partial charge in [-0.15, -0.1) is 0 Å². The van der Waals surface area contributed by atoms with Crippen molar-refractivity contribution in [2.24, 2.45) is 0 Å². The lowest BCUT2D eigenvalue weighted by Crippen LogP contribution is -2.27. The predicted octanol–water partition coefficient (Wildman–Crippen LogP) is 3.96. The number of hydrogen-bond acceptors (Lipinski definition) is 5. The second-order valence-electron chi connectivity index (χ2n) is 6.81. The summed E-state index contributed by atoms with van der Waals surface area (Å²) in [7, 11) is -6.44. The second-order valence-corrected chi connectivity index (χ2v) is 11.2. The topological polar surface area (TPSA) is 101 Å². The molecular formula is C21H18ClFN2O5S2. The summed E-state index contributed by atoms with van der Waals surface area (Å²) >= 11 is 6.12. The number of sulfone groups is 1. The first-order valence-corrected chi connectivity index (χ1v) is 12.8. The molecular weight excluding hydrogens is 479 g/mol. The SMILES string of the molecule is CN(c1ccc(F)cc1)S(=O)(=O)c1ccc(Cl)c(C(=O)Nc2ccccc2S(C)(=O)=O)c1. The number of amides is 1. The fourth-order valence-electron chi connectivity index (χ4n) is 2.87. The van der Waals surface area contributed by atoms with Crippen LogP contribution in [0.2, 0.25) is 5.02 Å². The summed E-state index contributed by atoms with van der Waals surface area (Å²) in [4.78, 5) is 12.5. The Morgan fingerprint density at radius 1 is 0.969 bits per heavy atom. The van der Waals surface area contributed by atoms with Gasteiger partial charge in [-0.1, -0.05) is 23.7 Å². The van der Waals surface area contributed by atoms with Gasteiger partial charge in [0.05, 0.1) is 31.8 Å². The van der Waals surface area contributed by atoms with Crippen molar-refractivity contribution in [2.45, 2.75) is 9.79 Å². The summed E-state index contributed by atoms with van der Waals surface area (Å²) in [5, 5.41) is 2.44. The Morgan fingerprint density at radius 2 is 1.59 bits per heavy atom. The monoisotopic (exact) mass is 496 g/mol. The van der Waals surface area contributed by atoms with Crippen molar-refractivity contribution in [3.63, 3.8) is 0 Å². The summed E-state index contributed by atoms with van der Waals surface area (Å²) in [5.41, 5.74) is 0.0886. The number of anilines is 2. The van der Waals surface area contributed by atoms with Crippen LogP contribution in [-0.4, -0.2) is 36.0 Å². The number of nitrogens with one attached hydrogen (secondary N) is 1. The highest BCUT2D eigenvalue weighted by Gasteiger charge is 2.24. The molecule has 0 unspecified atom stereocenters. The number of hydrogen-bond donors (Lipinski definition) is 1. The van der Waals surface area contributed by atoms with Gasteiger partial charge in [0.25, 0.3) is 15.9 Å². The number of halogens is 2. The maximum Gasteiger partial charge on any atom is 0.264 e. The molecule has 0 aliphatic heterocycles. The van der Waals surface area contributed by atoms with E-state index in [9.17, 15) is 26.0 Å². The Bertz CT molecular complexity index is 1390. The summed E-state index contributed by atoms with van der Waals surface area (Å²) in [6.07, 6.45) is 1.00. The van der Waals surface area contributed by atoms with Gasteiger partial charge in [-0.3, -0.25) is 9.10 Å². The summed E-state index contributed by atoms with van der Waals surface area (Å²) in [6, 6.07) is 14.2. The summed E-state index contributed by atoms with van der Waals surface area (Å²) in [5.74, 6) is -1.30. The largest absolute Gasteiger partial charge is 0.321 e. The molecule has 3 aromatic carbocycles. The average Bonchev–Trinajstić information content (AvgIpc) is 2.73. The Labute approximate surface area is 190 Å². The van der Waals surface area contributed by atoms with Crippen LogP contribution < -0.4 is 9.62 Å². The van der Waals surface area contributed by atoms with E-state index in [1.165, 1.54) is 49.5 Å². The van der Waals surface area contributed by atoms with Crippen molar-refractivity contribution in [1.82, 2.24) is 0 Å². The van der Waals surface area contributed by atoms with Crippen LogP contribution in [0.25, 0.3) is 0 Å². The average molecular weight is 497 g/mol. The normalized spacial score (nSPS) is 11.8. The van der Waals surface area contributed by atoms with E-state index < -0.39 is 31.6 Å². The van der Waals surface area contributed by atoms with E-state index in [-0.39, 0.29) is 31.8 Å². The number of sulfonamides is 1. The number of carbonyl (C=O) groups excluding carboxylic acids is 1. The number of benzene rings is 3. The molecule has 32 heavy (non-hydrogen) atoms. The molecule has 168 valence electrons. The van der Waals surface area contributed by atoms with Crippen LogP contribution in [0, 0.1) is 5.82 Å². The van der Waals surface area contributed by atoms with Crippen LogP contribution in [0.1, 0.15) is 10.4 Å². The predicted molar refractivity (Wildman–Crippen MR) is 121 cm³/mol. The number of nitrogens with zero attached hydrogens (tertiary/aromatic N) is 1. The second kappa shape index (κ2) is 8.89. The van der Waals surface area contributed by atoms with Gasteiger partial charge in [0, 0.05) is 13.3 Å². The first kappa shape index (κ1) is 23.7. The smallest absolute Gasteiger partial charge is 0.264 e. The lowest BCUT2D eigenvalue weighted by atomic mass is 10.2. The molecule has 7 nitrogen and oxygen atoms in total. The fourth-order valence-corrected chi connectivity index (χ4v) is 5.14. The van der Waals surface area contributed by atoms with Gasteiger partial charge in [0.15, 0.2) is 9.84 Å². The zero-order valence-corrected chi connectivity index (χ0v) is 19.3. The number of para-hydroxylation sites is 1. The van der Waals surface area contributed by atoms with Crippen LogP contribution in [0.5, 0.6) is 0 Å². The standard InChI is InChI=1S/C21H18ClFN2O5S2/c1-25(15-9-7-14(23)8-10-15)32(29,30)16-11-12-18(22)17(13-16)21(26)24-19-5-3-4-6-20(19)31(2,27)28/h3-13H,1-2H3,(H,24,26). The highest BCUT2D eigenvalue weighted by molar-refractivity contribution is 7.92. The van der Waals surface area contributed by atoms with Crippen molar-refractivity contribution >= 4 is 48.7 Å². The fraction of sp³-hybridized carbons (Fsp3) is 0.0952. The molecule has 0 aliphatic carbocycles. The molecule has 3 aromatic rings. The van der Waals surface area contributed by atoms with Gasteiger partial charge in [-0.25, -0.2) is 21.2 Å². The van der Waals surface area contributed by atoms with Gasteiger partial charge in [-0.05, 0) is 54.6 Å². The van der Waals surface area contributed by atoms with Crippen LogP contribution in [-0.2, 0) is 19.9 Å². The van der Waals surface area contributed by atoms with Crippen molar-refractivity contribution < 1.29 is 26.0 Å². The van der Waals surface area contributed by atoms with E-state index in [2.05, 4.69) is 5.32 Å². The zero-order chi connectivity index (χ0) is 23.7. The highest BCUT2D eigenvalue weighted by atomic mass is 35.5. The highest BCUT2D eigenvalue weighted by Crippen LogP contribution is 2.27. The quantitative estimate of drug-likeness (QED) is 0.556. The molecule has 1 amide bonds. The molecule has 0 saturated heterocycles. The van der Waals surface area contributed by atoms with Crippen molar-refractivity contribution in [2.75, 3.05) is 22.9 Å². The van der Waals surface area contributed by atoms with Crippen molar-refractivity contribution in [3.05, 3.63) is 83.1 Å². The lowest BCUT2D eigenvalue weighted by Gasteiger charge is -2.20. The third-order valence-electron chi connectivity index (χ3n) is 4.57. The zero-order valence-electron chi connectivity index (χ0n) is 16.9. The number of rotatable bonds is 6. The van der Waals surface area contributed by atoms with Gasteiger partial charge in [0.1, 0.15) is 5.82 Å². The van der Waals surface area contributed by atoms with Crippen molar-refractivity contribution in [1.29, 1.82) is 0 Å². The minimum absolute atomic E-state index is 0.0253. The Morgan fingerprint density at radius 3 is 2.22 bits per heavy atom. The van der Waals surface area contributed by atoms with Gasteiger partial charge >= 0.3 is 0 Å². The van der Waals surface area contributed by atoms with E-state index in [0.29, 0.717) is 0 Å². The molecule has 0 radical (unpaired) electrons. The van der Waals surface area contributed by atoms with E-state index in [1.807, 2.05) is 0 Å². The van der Waals surface area contributed by atoms with E-state index in [4.69, 9.17) is 11.6 Å². The molecule has 0 bridgehead atoms. The van der Waals surface area contributed by atoms with Gasteiger partial charge in [0.2, 0.25) is 0 Å².